The van der Waals surface area contributed by atoms with Gasteiger partial charge in [0.15, 0.2) is 0 Å². The van der Waals surface area contributed by atoms with Crippen LogP contribution in [0.3, 0.4) is 0 Å². The van der Waals surface area contributed by atoms with Gasteiger partial charge in [0.1, 0.15) is 5.82 Å². The molecule has 2 rings (SSSR count). The molecule has 16 heavy (non-hydrogen) atoms. The van der Waals surface area contributed by atoms with E-state index in [0.29, 0.717) is 17.4 Å². The summed E-state index contributed by atoms with van der Waals surface area (Å²) in [7, 11) is 0. The van der Waals surface area contributed by atoms with Crippen molar-refractivity contribution in [2.75, 3.05) is 24.3 Å². The summed E-state index contributed by atoms with van der Waals surface area (Å²) in [5.74, 6) is -0.489. The summed E-state index contributed by atoms with van der Waals surface area (Å²) >= 11 is 5.71. The number of ether oxygens (including phenoxy) is 1. The van der Waals surface area contributed by atoms with Crippen molar-refractivity contribution in [1.82, 2.24) is 0 Å². The topological polar surface area (TPSA) is 47.3 Å². The number of hydrogen-bond acceptors (Lipinski definition) is 3. The molecule has 0 unspecified atom stereocenters. The van der Waals surface area contributed by atoms with Crippen LogP contribution in [0.15, 0.2) is 12.1 Å². The van der Waals surface area contributed by atoms with Crippen LogP contribution in [0.1, 0.15) is 12.8 Å². The molecular formula is C11H14ClFN2O. The Morgan fingerprint density at radius 2 is 2.06 bits per heavy atom. The number of hydrogen-bond donors (Lipinski definition) is 2. The second-order valence-corrected chi connectivity index (χ2v) is 4.29. The molecule has 1 saturated heterocycles. The van der Waals surface area contributed by atoms with Crippen LogP contribution >= 0.6 is 11.6 Å². The molecule has 0 radical (unpaired) electrons. The Bertz CT molecular complexity index is 380. The normalized spacial score (nSPS) is 17.4. The molecule has 1 aliphatic rings. The minimum Gasteiger partial charge on any atom is -0.397 e. The minimum atomic E-state index is -0.489. The van der Waals surface area contributed by atoms with Gasteiger partial charge in [-0.2, -0.15) is 0 Å². The Balaban J connectivity index is 2.11. The van der Waals surface area contributed by atoms with Gasteiger partial charge in [0.25, 0.3) is 0 Å². The molecule has 0 aromatic heterocycles. The predicted octanol–water partition coefficient (Wildman–Crippen LogP) is 2.65. The second kappa shape index (κ2) is 4.89. The first-order chi connectivity index (χ1) is 7.66. The van der Waals surface area contributed by atoms with E-state index in [1.807, 2.05) is 0 Å². The van der Waals surface area contributed by atoms with Gasteiger partial charge in [-0.3, -0.25) is 0 Å². The fourth-order valence-corrected chi connectivity index (χ4v) is 1.91. The number of rotatable bonds is 2. The van der Waals surface area contributed by atoms with Crippen molar-refractivity contribution in [1.29, 1.82) is 0 Å². The molecule has 1 aromatic rings. The monoisotopic (exact) mass is 244 g/mol. The predicted molar refractivity (Wildman–Crippen MR) is 63.3 cm³/mol. The highest BCUT2D eigenvalue weighted by Crippen LogP contribution is 2.27. The highest BCUT2D eigenvalue weighted by molar-refractivity contribution is 6.31. The summed E-state index contributed by atoms with van der Waals surface area (Å²) in [6.07, 6.45) is 1.85. The number of benzene rings is 1. The molecule has 0 bridgehead atoms. The van der Waals surface area contributed by atoms with Crippen LogP contribution in [-0.2, 0) is 4.74 Å². The molecule has 0 saturated carbocycles. The molecular weight excluding hydrogens is 231 g/mol. The summed E-state index contributed by atoms with van der Waals surface area (Å²) in [5.41, 5.74) is 6.79. The lowest BCUT2D eigenvalue weighted by Gasteiger charge is -2.25. The third-order valence-electron chi connectivity index (χ3n) is 2.67. The molecule has 1 heterocycles. The highest BCUT2D eigenvalue weighted by atomic mass is 35.5. The molecule has 3 nitrogen and oxygen atoms in total. The fraction of sp³-hybridized carbons (Fsp3) is 0.455. The minimum absolute atomic E-state index is 0.0868. The van der Waals surface area contributed by atoms with E-state index in [4.69, 9.17) is 22.1 Å². The van der Waals surface area contributed by atoms with Crippen LogP contribution in [0.25, 0.3) is 0 Å². The Labute approximate surface area is 98.7 Å². The maximum absolute atomic E-state index is 13.1. The molecule has 0 aliphatic carbocycles. The Hall–Kier alpha value is -1.00. The molecule has 0 atom stereocenters. The van der Waals surface area contributed by atoms with E-state index in [1.165, 1.54) is 12.1 Å². The molecule has 0 amide bonds. The lowest BCUT2D eigenvalue weighted by molar-refractivity contribution is 0.0904. The van der Waals surface area contributed by atoms with Crippen LogP contribution in [0.4, 0.5) is 15.8 Å². The van der Waals surface area contributed by atoms with E-state index in [-0.39, 0.29) is 5.02 Å². The van der Waals surface area contributed by atoms with Crippen LogP contribution in [0.5, 0.6) is 0 Å². The fourth-order valence-electron chi connectivity index (χ4n) is 1.75. The third kappa shape index (κ3) is 2.57. The first-order valence-electron chi connectivity index (χ1n) is 5.25. The summed E-state index contributed by atoms with van der Waals surface area (Å²) in [4.78, 5) is 0. The van der Waals surface area contributed by atoms with E-state index in [9.17, 15) is 4.39 Å². The van der Waals surface area contributed by atoms with Crippen LogP contribution in [0.2, 0.25) is 5.02 Å². The van der Waals surface area contributed by atoms with Crippen molar-refractivity contribution >= 4 is 23.0 Å². The molecule has 1 fully saturated rings. The standard InChI is InChI=1S/C11H14ClFN2O/c12-8-5-11(10(14)6-9(8)13)15-7-1-3-16-4-2-7/h5-7,15H,1-4,14H2. The first kappa shape index (κ1) is 11.5. The zero-order valence-electron chi connectivity index (χ0n) is 8.80. The average molecular weight is 245 g/mol. The zero-order chi connectivity index (χ0) is 11.5. The molecule has 0 spiro atoms. The van der Waals surface area contributed by atoms with E-state index in [1.54, 1.807) is 0 Å². The van der Waals surface area contributed by atoms with Crippen molar-refractivity contribution in [3.8, 4) is 0 Å². The molecule has 88 valence electrons. The van der Waals surface area contributed by atoms with Gasteiger partial charge in [-0.15, -0.1) is 0 Å². The number of nitrogens with two attached hydrogens (primary N) is 1. The van der Waals surface area contributed by atoms with Gasteiger partial charge in [0.05, 0.1) is 16.4 Å². The lowest BCUT2D eigenvalue weighted by Crippen LogP contribution is -2.28. The van der Waals surface area contributed by atoms with Crippen molar-refractivity contribution in [2.45, 2.75) is 18.9 Å². The number of halogens is 2. The average Bonchev–Trinajstić information content (AvgIpc) is 2.27. The summed E-state index contributed by atoms with van der Waals surface area (Å²) in [5, 5.41) is 3.35. The Morgan fingerprint density at radius 1 is 1.38 bits per heavy atom. The number of nitrogen functional groups attached to an aromatic ring is 1. The zero-order valence-corrected chi connectivity index (χ0v) is 9.56. The van der Waals surface area contributed by atoms with Gasteiger partial charge in [0.2, 0.25) is 0 Å². The SMILES string of the molecule is Nc1cc(F)c(Cl)cc1NC1CCOCC1. The van der Waals surface area contributed by atoms with Crippen LogP contribution in [-0.4, -0.2) is 19.3 Å². The molecule has 1 aliphatic heterocycles. The summed E-state index contributed by atoms with van der Waals surface area (Å²) < 4.78 is 18.3. The quantitative estimate of drug-likeness (QED) is 0.787. The first-order valence-corrected chi connectivity index (χ1v) is 5.63. The van der Waals surface area contributed by atoms with E-state index in [0.717, 1.165) is 26.1 Å². The number of anilines is 2. The lowest BCUT2D eigenvalue weighted by atomic mass is 10.1. The third-order valence-corrected chi connectivity index (χ3v) is 2.96. The van der Waals surface area contributed by atoms with Crippen LogP contribution < -0.4 is 11.1 Å². The van der Waals surface area contributed by atoms with Crippen molar-refractivity contribution < 1.29 is 9.13 Å². The van der Waals surface area contributed by atoms with E-state index in [2.05, 4.69) is 5.32 Å². The molecule has 5 heteroatoms. The molecule has 3 N–H and O–H groups in total. The van der Waals surface area contributed by atoms with Crippen molar-refractivity contribution in [3.63, 3.8) is 0 Å². The summed E-state index contributed by atoms with van der Waals surface area (Å²) in [6, 6.07) is 3.09. The van der Waals surface area contributed by atoms with Gasteiger partial charge in [-0.25, -0.2) is 4.39 Å². The van der Waals surface area contributed by atoms with Crippen molar-refractivity contribution in [2.24, 2.45) is 0 Å². The van der Waals surface area contributed by atoms with Crippen LogP contribution in [0, 0.1) is 5.82 Å². The van der Waals surface area contributed by atoms with Gasteiger partial charge in [-0.05, 0) is 18.9 Å². The maximum atomic E-state index is 13.1. The largest absolute Gasteiger partial charge is 0.397 e. The number of nitrogens with one attached hydrogen (secondary N) is 1. The molecule has 1 aromatic carbocycles. The Kier molecular flexibility index (Phi) is 3.51. The maximum Gasteiger partial charge on any atom is 0.143 e. The smallest absolute Gasteiger partial charge is 0.143 e. The van der Waals surface area contributed by atoms with E-state index >= 15 is 0 Å². The second-order valence-electron chi connectivity index (χ2n) is 3.88. The van der Waals surface area contributed by atoms with Crippen molar-refractivity contribution in [3.05, 3.63) is 23.0 Å². The Morgan fingerprint density at radius 3 is 2.75 bits per heavy atom. The highest BCUT2D eigenvalue weighted by Gasteiger charge is 2.15. The summed E-state index contributed by atoms with van der Waals surface area (Å²) in [6.45, 7) is 1.49. The van der Waals surface area contributed by atoms with Gasteiger partial charge >= 0.3 is 0 Å². The van der Waals surface area contributed by atoms with Gasteiger partial charge in [-0.1, -0.05) is 11.6 Å². The van der Waals surface area contributed by atoms with Gasteiger partial charge in [0, 0.05) is 25.3 Å². The van der Waals surface area contributed by atoms with E-state index < -0.39 is 5.82 Å². The van der Waals surface area contributed by atoms with Gasteiger partial charge < -0.3 is 15.8 Å².